The van der Waals surface area contributed by atoms with Crippen molar-refractivity contribution in [3.05, 3.63) is 63.6 Å². The summed E-state index contributed by atoms with van der Waals surface area (Å²) in [4.78, 5) is 0. The van der Waals surface area contributed by atoms with Crippen LogP contribution in [0.15, 0.2) is 42.5 Å². The third-order valence-electron chi connectivity index (χ3n) is 3.15. The average molecular weight is 325 g/mol. The van der Waals surface area contributed by atoms with E-state index in [2.05, 4.69) is 12.3 Å². The molecule has 21 heavy (non-hydrogen) atoms. The van der Waals surface area contributed by atoms with Gasteiger partial charge in [-0.05, 0) is 35.7 Å². The number of benzene rings is 2. The van der Waals surface area contributed by atoms with Gasteiger partial charge in [0.1, 0.15) is 5.75 Å². The van der Waals surface area contributed by atoms with E-state index in [1.54, 1.807) is 6.07 Å². The first-order chi connectivity index (χ1) is 10.2. The SMILES string of the molecule is CCCOc1ccc(C(NN)c2cccc(Cl)c2Cl)cc1. The van der Waals surface area contributed by atoms with Crippen molar-refractivity contribution >= 4 is 23.2 Å². The zero-order chi connectivity index (χ0) is 15.2. The lowest BCUT2D eigenvalue weighted by molar-refractivity contribution is 0.317. The molecule has 2 aromatic carbocycles. The summed E-state index contributed by atoms with van der Waals surface area (Å²) >= 11 is 12.3. The Balaban J connectivity index is 2.27. The lowest BCUT2D eigenvalue weighted by atomic mass is 9.99. The molecule has 0 aliphatic carbocycles. The second-order valence-corrected chi connectivity index (χ2v) is 5.45. The van der Waals surface area contributed by atoms with Gasteiger partial charge in [-0.1, -0.05) is 54.4 Å². The quantitative estimate of drug-likeness (QED) is 0.614. The van der Waals surface area contributed by atoms with Crippen LogP contribution in [0.1, 0.15) is 30.5 Å². The molecule has 2 aromatic rings. The maximum absolute atomic E-state index is 6.26. The van der Waals surface area contributed by atoms with Gasteiger partial charge >= 0.3 is 0 Å². The van der Waals surface area contributed by atoms with Gasteiger partial charge in [0, 0.05) is 0 Å². The standard InChI is InChI=1S/C16H18Cl2N2O/c1-2-10-21-12-8-6-11(7-9-12)16(20-19)13-4-3-5-14(17)15(13)18/h3-9,16,20H,2,10,19H2,1H3. The summed E-state index contributed by atoms with van der Waals surface area (Å²) in [5, 5.41) is 1.02. The molecule has 3 N–H and O–H groups in total. The van der Waals surface area contributed by atoms with Crippen LogP contribution in [0.3, 0.4) is 0 Å². The lowest BCUT2D eigenvalue weighted by Crippen LogP contribution is -2.29. The van der Waals surface area contributed by atoms with E-state index < -0.39 is 0 Å². The minimum Gasteiger partial charge on any atom is -0.494 e. The fourth-order valence-electron chi connectivity index (χ4n) is 2.09. The molecule has 5 heteroatoms. The highest BCUT2D eigenvalue weighted by Gasteiger charge is 2.17. The Morgan fingerprint density at radius 2 is 1.86 bits per heavy atom. The molecule has 112 valence electrons. The first-order valence-corrected chi connectivity index (χ1v) is 7.55. The number of hydrogen-bond donors (Lipinski definition) is 2. The van der Waals surface area contributed by atoms with Crippen molar-refractivity contribution in [2.45, 2.75) is 19.4 Å². The zero-order valence-electron chi connectivity index (χ0n) is 11.8. The Hall–Kier alpha value is -1.26. The van der Waals surface area contributed by atoms with Crippen molar-refractivity contribution in [2.75, 3.05) is 6.61 Å². The maximum atomic E-state index is 6.26. The first kappa shape index (κ1) is 16.1. The number of ether oxygens (including phenoxy) is 1. The molecule has 3 nitrogen and oxygen atoms in total. The second kappa shape index (κ2) is 7.66. The van der Waals surface area contributed by atoms with Gasteiger partial charge < -0.3 is 4.74 Å². The number of rotatable bonds is 6. The Morgan fingerprint density at radius 1 is 1.14 bits per heavy atom. The molecule has 2 rings (SSSR count). The smallest absolute Gasteiger partial charge is 0.119 e. The van der Waals surface area contributed by atoms with Crippen molar-refractivity contribution in [1.29, 1.82) is 0 Å². The molecular weight excluding hydrogens is 307 g/mol. The molecule has 1 atom stereocenters. The predicted molar refractivity (Wildman–Crippen MR) is 87.9 cm³/mol. The topological polar surface area (TPSA) is 47.3 Å². The lowest BCUT2D eigenvalue weighted by Gasteiger charge is -2.19. The number of hydrogen-bond acceptors (Lipinski definition) is 3. The van der Waals surface area contributed by atoms with Crippen LogP contribution in [0.4, 0.5) is 0 Å². The van der Waals surface area contributed by atoms with E-state index in [0.717, 1.165) is 23.3 Å². The summed E-state index contributed by atoms with van der Waals surface area (Å²) in [7, 11) is 0. The number of halogens is 2. The molecule has 0 heterocycles. The van der Waals surface area contributed by atoms with Crippen LogP contribution in [-0.4, -0.2) is 6.61 Å². The van der Waals surface area contributed by atoms with Crippen LogP contribution in [-0.2, 0) is 0 Å². The highest BCUT2D eigenvalue weighted by Crippen LogP contribution is 2.33. The highest BCUT2D eigenvalue weighted by atomic mass is 35.5. The number of hydrazine groups is 1. The van der Waals surface area contributed by atoms with Gasteiger partial charge in [-0.15, -0.1) is 0 Å². The molecule has 0 aliphatic heterocycles. The van der Waals surface area contributed by atoms with Gasteiger partial charge in [0.25, 0.3) is 0 Å². The molecule has 1 unspecified atom stereocenters. The van der Waals surface area contributed by atoms with Crippen LogP contribution in [0.2, 0.25) is 10.0 Å². The third kappa shape index (κ3) is 3.89. The third-order valence-corrected chi connectivity index (χ3v) is 3.98. The Bertz CT molecular complexity index is 587. The zero-order valence-corrected chi connectivity index (χ0v) is 13.3. The fourth-order valence-corrected chi connectivity index (χ4v) is 2.50. The summed E-state index contributed by atoms with van der Waals surface area (Å²) in [5.41, 5.74) is 4.61. The molecular formula is C16H18Cl2N2O. The normalized spacial score (nSPS) is 12.2. The van der Waals surface area contributed by atoms with Gasteiger partial charge in [-0.3, -0.25) is 5.84 Å². The van der Waals surface area contributed by atoms with E-state index in [0.29, 0.717) is 16.7 Å². The van der Waals surface area contributed by atoms with E-state index in [9.17, 15) is 0 Å². The van der Waals surface area contributed by atoms with E-state index in [1.165, 1.54) is 0 Å². The van der Waals surface area contributed by atoms with Crippen molar-refractivity contribution in [3.63, 3.8) is 0 Å². The van der Waals surface area contributed by atoms with Gasteiger partial charge in [0.15, 0.2) is 0 Å². The fraction of sp³-hybridized carbons (Fsp3) is 0.250. The van der Waals surface area contributed by atoms with Gasteiger partial charge in [0.05, 0.1) is 22.7 Å². The molecule has 0 amide bonds. The average Bonchev–Trinajstić information content (AvgIpc) is 2.51. The van der Waals surface area contributed by atoms with E-state index in [4.69, 9.17) is 33.8 Å². The summed E-state index contributed by atoms with van der Waals surface area (Å²) in [6, 6.07) is 13.1. The molecule has 0 saturated heterocycles. The van der Waals surface area contributed by atoms with Crippen molar-refractivity contribution in [3.8, 4) is 5.75 Å². The first-order valence-electron chi connectivity index (χ1n) is 6.80. The van der Waals surface area contributed by atoms with Crippen LogP contribution in [0, 0.1) is 0 Å². The summed E-state index contributed by atoms with van der Waals surface area (Å²) in [5.74, 6) is 6.53. The molecule has 0 radical (unpaired) electrons. The van der Waals surface area contributed by atoms with Crippen molar-refractivity contribution in [1.82, 2.24) is 5.43 Å². The Labute approximate surface area is 135 Å². The summed E-state index contributed by atoms with van der Waals surface area (Å²) in [6.07, 6.45) is 0.979. The van der Waals surface area contributed by atoms with Gasteiger partial charge in [-0.2, -0.15) is 0 Å². The van der Waals surface area contributed by atoms with E-state index in [-0.39, 0.29) is 6.04 Å². The molecule has 0 bridgehead atoms. The molecule has 0 fully saturated rings. The largest absolute Gasteiger partial charge is 0.494 e. The van der Waals surface area contributed by atoms with Crippen molar-refractivity contribution in [2.24, 2.45) is 5.84 Å². The second-order valence-electron chi connectivity index (χ2n) is 4.66. The molecule has 0 aromatic heterocycles. The van der Waals surface area contributed by atoms with E-state index in [1.807, 2.05) is 36.4 Å². The Morgan fingerprint density at radius 3 is 2.48 bits per heavy atom. The molecule has 0 aliphatic rings. The molecule has 0 saturated carbocycles. The van der Waals surface area contributed by atoms with Crippen LogP contribution < -0.4 is 16.0 Å². The Kier molecular flexibility index (Phi) is 5.88. The van der Waals surface area contributed by atoms with Gasteiger partial charge in [0.2, 0.25) is 0 Å². The maximum Gasteiger partial charge on any atom is 0.119 e. The van der Waals surface area contributed by atoms with Crippen molar-refractivity contribution < 1.29 is 4.74 Å². The predicted octanol–water partition coefficient (Wildman–Crippen LogP) is 4.33. The monoisotopic (exact) mass is 324 g/mol. The van der Waals surface area contributed by atoms with Crippen LogP contribution in [0.25, 0.3) is 0 Å². The summed E-state index contributed by atoms with van der Waals surface area (Å²) in [6.45, 7) is 2.78. The number of nitrogens with one attached hydrogen (secondary N) is 1. The van der Waals surface area contributed by atoms with Gasteiger partial charge in [-0.25, -0.2) is 5.43 Å². The van der Waals surface area contributed by atoms with Crippen LogP contribution in [0.5, 0.6) is 5.75 Å². The number of nitrogens with two attached hydrogens (primary N) is 1. The van der Waals surface area contributed by atoms with Crippen LogP contribution >= 0.6 is 23.2 Å². The highest BCUT2D eigenvalue weighted by molar-refractivity contribution is 6.42. The minimum absolute atomic E-state index is 0.226. The summed E-state index contributed by atoms with van der Waals surface area (Å²) < 4.78 is 5.57. The minimum atomic E-state index is -0.226. The molecule has 0 spiro atoms. The van der Waals surface area contributed by atoms with E-state index >= 15 is 0 Å².